The molecule has 2 aromatic rings. The van der Waals surface area contributed by atoms with Crippen LogP contribution in [0.5, 0.6) is 0 Å². The van der Waals surface area contributed by atoms with Crippen LogP contribution in [0.25, 0.3) is 0 Å². The van der Waals surface area contributed by atoms with Crippen molar-refractivity contribution < 1.29 is 4.79 Å². The zero-order chi connectivity index (χ0) is 13.1. The van der Waals surface area contributed by atoms with E-state index in [1.54, 1.807) is 16.8 Å². The van der Waals surface area contributed by atoms with E-state index < -0.39 is 0 Å². The minimum Gasteiger partial charge on any atom is -0.352 e. The first-order valence-electron chi connectivity index (χ1n) is 6.48. The molecule has 0 saturated carbocycles. The maximum Gasteiger partial charge on any atom is 0.220 e. The number of imidazole rings is 1. The average Bonchev–Trinajstić information content (AvgIpc) is 3.07. The third kappa shape index (κ3) is 3.01. The maximum absolute atomic E-state index is 11.9. The molecule has 1 aliphatic heterocycles. The molecule has 1 aliphatic rings. The fourth-order valence-corrected chi connectivity index (χ4v) is 2.98. The summed E-state index contributed by atoms with van der Waals surface area (Å²) in [5.74, 6) is 1.23. The number of carbonyl (C=O) groups is 1. The van der Waals surface area contributed by atoms with Crippen molar-refractivity contribution in [2.75, 3.05) is 0 Å². The Hall–Kier alpha value is -1.69. The van der Waals surface area contributed by atoms with Gasteiger partial charge in [0.25, 0.3) is 0 Å². The van der Waals surface area contributed by atoms with Crippen LogP contribution in [0.4, 0.5) is 0 Å². The number of hydrogen-bond acceptors (Lipinski definition) is 4. The molecule has 6 heteroatoms. The fourth-order valence-electron chi connectivity index (χ4n) is 2.39. The van der Waals surface area contributed by atoms with Crippen LogP contribution < -0.4 is 5.32 Å². The fraction of sp³-hybridized carbons (Fsp3) is 0.462. The lowest BCUT2D eigenvalue weighted by molar-refractivity contribution is -0.122. The zero-order valence-electron chi connectivity index (χ0n) is 10.6. The van der Waals surface area contributed by atoms with Crippen molar-refractivity contribution in [2.45, 2.75) is 38.3 Å². The second kappa shape index (κ2) is 5.52. The summed E-state index contributed by atoms with van der Waals surface area (Å²) in [6.07, 6.45) is 6.93. The molecule has 5 nitrogen and oxygen atoms in total. The summed E-state index contributed by atoms with van der Waals surface area (Å²) in [6.45, 7) is 0.831. The highest BCUT2D eigenvalue weighted by Gasteiger charge is 2.20. The molecule has 0 saturated heterocycles. The zero-order valence-corrected chi connectivity index (χ0v) is 11.4. The van der Waals surface area contributed by atoms with Gasteiger partial charge in [-0.25, -0.2) is 9.97 Å². The standard InChI is InChI=1S/C13H16N4OS/c18-13(4-2-11-8-19-9-15-11)16-10-1-3-12-14-5-6-17(12)7-10/h5-6,8-10H,1-4,7H2,(H,16,18)/t10-/m1/s1. The van der Waals surface area contributed by atoms with Crippen LogP contribution in [0.15, 0.2) is 23.3 Å². The molecule has 100 valence electrons. The number of carbonyl (C=O) groups excluding carboxylic acids is 1. The Morgan fingerprint density at radius 1 is 1.53 bits per heavy atom. The van der Waals surface area contributed by atoms with Crippen molar-refractivity contribution in [2.24, 2.45) is 0 Å². The van der Waals surface area contributed by atoms with E-state index in [1.807, 2.05) is 17.8 Å². The summed E-state index contributed by atoms with van der Waals surface area (Å²) in [6, 6.07) is 0.227. The smallest absolute Gasteiger partial charge is 0.220 e. The number of thiazole rings is 1. The summed E-state index contributed by atoms with van der Waals surface area (Å²) >= 11 is 1.57. The van der Waals surface area contributed by atoms with Crippen molar-refractivity contribution in [3.63, 3.8) is 0 Å². The highest BCUT2D eigenvalue weighted by atomic mass is 32.1. The number of aryl methyl sites for hydroxylation is 2. The van der Waals surface area contributed by atoms with Gasteiger partial charge in [-0.1, -0.05) is 0 Å². The Kier molecular flexibility index (Phi) is 3.59. The minimum absolute atomic E-state index is 0.113. The van der Waals surface area contributed by atoms with Crippen LogP contribution in [0, 0.1) is 0 Å². The lowest BCUT2D eigenvalue weighted by atomic mass is 10.1. The number of amides is 1. The minimum atomic E-state index is 0.113. The lowest BCUT2D eigenvalue weighted by Crippen LogP contribution is -2.40. The number of rotatable bonds is 4. The van der Waals surface area contributed by atoms with Crippen molar-refractivity contribution in [3.05, 3.63) is 34.8 Å². The van der Waals surface area contributed by atoms with Gasteiger partial charge in [-0.2, -0.15) is 0 Å². The van der Waals surface area contributed by atoms with Gasteiger partial charge in [-0.3, -0.25) is 4.79 Å². The van der Waals surface area contributed by atoms with Crippen molar-refractivity contribution >= 4 is 17.2 Å². The molecule has 1 atom stereocenters. The molecule has 1 N–H and O–H groups in total. The third-order valence-corrected chi connectivity index (χ3v) is 4.03. The van der Waals surface area contributed by atoms with Crippen LogP contribution >= 0.6 is 11.3 Å². The molecule has 0 bridgehead atoms. The van der Waals surface area contributed by atoms with E-state index in [1.165, 1.54) is 0 Å². The Balaban J connectivity index is 1.48. The molecule has 0 radical (unpaired) electrons. The summed E-state index contributed by atoms with van der Waals surface area (Å²) < 4.78 is 2.12. The number of aromatic nitrogens is 3. The lowest BCUT2D eigenvalue weighted by Gasteiger charge is -2.24. The van der Waals surface area contributed by atoms with Gasteiger partial charge < -0.3 is 9.88 Å². The number of nitrogens with zero attached hydrogens (tertiary/aromatic N) is 3. The molecular formula is C13H16N4OS. The second-order valence-electron chi connectivity index (χ2n) is 4.78. The Morgan fingerprint density at radius 2 is 2.47 bits per heavy atom. The van der Waals surface area contributed by atoms with E-state index in [2.05, 4.69) is 19.9 Å². The molecule has 19 heavy (non-hydrogen) atoms. The van der Waals surface area contributed by atoms with Gasteiger partial charge in [0.1, 0.15) is 5.82 Å². The summed E-state index contributed by atoms with van der Waals surface area (Å²) in [4.78, 5) is 20.4. The molecule has 1 amide bonds. The molecule has 0 unspecified atom stereocenters. The Morgan fingerprint density at radius 3 is 3.32 bits per heavy atom. The molecule has 0 aromatic carbocycles. The molecular weight excluding hydrogens is 260 g/mol. The van der Waals surface area contributed by atoms with E-state index in [0.29, 0.717) is 6.42 Å². The van der Waals surface area contributed by atoms with E-state index in [9.17, 15) is 4.79 Å². The predicted molar refractivity (Wildman–Crippen MR) is 72.9 cm³/mol. The van der Waals surface area contributed by atoms with E-state index >= 15 is 0 Å². The van der Waals surface area contributed by atoms with Crippen molar-refractivity contribution in [1.29, 1.82) is 0 Å². The van der Waals surface area contributed by atoms with Crippen LogP contribution in [-0.4, -0.2) is 26.5 Å². The van der Waals surface area contributed by atoms with Crippen molar-refractivity contribution in [3.8, 4) is 0 Å². The number of nitrogens with one attached hydrogen (secondary N) is 1. The molecule has 3 rings (SSSR count). The van der Waals surface area contributed by atoms with Crippen LogP contribution in [0.1, 0.15) is 24.4 Å². The third-order valence-electron chi connectivity index (χ3n) is 3.39. The van der Waals surface area contributed by atoms with Gasteiger partial charge in [-0.15, -0.1) is 11.3 Å². The van der Waals surface area contributed by atoms with Gasteiger partial charge >= 0.3 is 0 Å². The number of fused-ring (bicyclic) bond motifs is 1. The van der Waals surface area contributed by atoms with Gasteiger partial charge in [0.2, 0.25) is 5.91 Å². The second-order valence-corrected chi connectivity index (χ2v) is 5.50. The Labute approximate surface area is 115 Å². The van der Waals surface area contributed by atoms with Gasteiger partial charge in [0, 0.05) is 43.2 Å². The first-order chi connectivity index (χ1) is 9.31. The highest BCUT2D eigenvalue weighted by Crippen LogP contribution is 2.13. The van der Waals surface area contributed by atoms with E-state index in [4.69, 9.17) is 0 Å². The van der Waals surface area contributed by atoms with Gasteiger partial charge in [0.15, 0.2) is 0 Å². The molecule has 3 heterocycles. The van der Waals surface area contributed by atoms with E-state index in [-0.39, 0.29) is 11.9 Å². The molecule has 0 aliphatic carbocycles. The van der Waals surface area contributed by atoms with Crippen LogP contribution in [0.2, 0.25) is 0 Å². The first kappa shape index (κ1) is 12.3. The predicted octanol–water partition coefficient (Wildman–Crippen LogP) is 1.40. The van der Waals surface area contributed by atoms with Crippen molar-refractivity contribution in [1.82, 2.24) is 19.9 Å². The largest absolute Gasteiger partial charge is 0.352 e. The van der Waals surface area contributed by atoms with Gasteiger partial charge in [-0.05, 0) is 12.8 Å². The quantitative estimate of drug-likeness (QED) is 0.918. The topological polar surface area (TPSA) is 59.8 Å². The Bertz CT molecular complexity index is 549. The number of hydrogen-bond donors (Lipinski definition) is 1. The monoisotopic (exact) mass is 276 g/mol. The highest BCUT2D eigenvalue weighted by molar-refractivity contribution is 7.07. The summed E-state index contributed by atoms with van der Waals surface area (Å²) in [5, 5.41) is 5.09. The first-order valence-corrected chi connectivity index (χ1v) is 7.42. The molecule has 0 spiro atoms. The molecule has 0 fully saturated rings. The summed E-state index contributed by atoms with van der Waals surface area (Å²) in [7, 11) is 0. The normalized spacial score (nSPS) is 18.0. The van der Waals surface area contributed by atoms with E-state index in [0.717, 1.165) is 37.3 Å². The molecule has 2 aromatic heterocycles. The summed E-state index contributed by atoms with van der Waals surface area (Å²) in [5.41, 5.74) is 2.80. The van der Waals surface area contributed by atoms with Crippen LogP contribution in [-0.2, 0) is 24.2 Å². The average molecular weight is 276 g/mol. The maximum atomic E-state index is 11.9. The SMILES string of the molecule is O=C(CCc1cscn1)N[C@@H]1CCc2nccn2C1. The van der Waals surface area contributed by atoms with Crippen LogP contribution in [0.3, 0.4) is 0 Å². The van der Waals surface area contributed by atoms with Gasteiger partial charge in [0.05, 0.1) is 11.2 Å².